The molecule has 290 valence electrons. The molecule has 16 heteroatoms. The normalized spacial score (nSPS) is 26.5. The van der Waals surface area contributed by atoms with Crippen LogP contribution in [0.1, 0.15) is 72.6 Å². The Morgan fingerprint density at radius 2 is 1.20 bits per heavy atom. The molecule has 2 N–H and O–H groups in total. The standard InChI is InChI=1S/C38H42O16/c1-5-18-36(4)49-30(41)25(31(42)50-36)15-11-9-13-17-27-34(45)53-38(54-35(27)46)21-19-37(20-22-38)51-32(43)26(33(44)52-37)16-12-8-10-14-24(28(39)47-7-3)29(40)48-23-6-2/h8-17,40-41H,5-7,18-23H2,1-4H3/b12-8+,13-9?,14-10+,15-11?,26-16?,27-17?,29-24?. The van der Waals surface area contributed by atoms with Crippen LogP contribution in [-0.4, -0.2) is 76.6 Å². The van der Waals surface area contributed by atoms with E-state index >= 15 is 0 Å². The summed E-state index contributed by atoms with van der Waals surface area (Å²) < 4.78 is 42.6. The van der Waals surface area contributed by atoms with E-state index in [4.69, 9.17) is 37.9 Å². The molecule has 1 saturated carbocycles. The zero-order chi connectivity index (χ0) is 39.5. The minimum absolute atomic E-state index is 0.0729. The van der Waals surface area contributed by atoms with Crippen LogP contribution >= 0.6 is 0 Å². The molecule has 0 amide bonds. The first-order chi connectivity index (χ1) is 25.7. The van der Waals surface area contributed by atoms with E-state index in [0.29, 0.717) is 19.3 Å². The van der Waals surface area contributed by atoms with Gasteiger partial charge in [0, 0.05) is 39.0 Å². The fraction of sp³-hybridized carbons (Fsp3) is 0.421. The molecule has 2 spiro atoms. The van der Waals surface area contributed by atoms with Gasteiger partial charge in [-0.25, -0.2) is 28.8 Å². The minimum atomic E-state index is -1.67. The molecule has 3 aliphatic heterocycles. The Morgan fingerprint density at radius 1 is 0.685 bits per heavy atom. The smallest absolute Gasteiger partial charge is 0.348 e. The Kier molecular flexibility index (Phi) is 13.3. The average molecular weight is 755 g/mol. The maximum absolute atomic E-state index is 12.8. The first-order valence-electron chi connectivity index (χ1n) is 17.3. The second-order valence-electron chi connectivity index (χ2n) is 12.4. The summed E-state index contributed by atoms with van der Waals surface area (Å²) in [5.41, 5.74) is -1.27. The van der Waals surface area contributed by atoms with Gasteiger partial charge >= 0.3 is 35.8 Å². The quantitative estimate of drug-likeness (QED) is 0.0641. The van der Waals surface area contributed by atoms with Crippen LogP contribution in [0.4, 0.5) is 0 Å². The Bertz CT molecular complexity index is 1730. The van der Waals surface area contributed by atoms with E-state index in [9.17, 15) is 39.0 Å². The molecule has 0 bridgehead atoms. The van der Waals surface area contributed by atoms with Crippen molar-refractivity contribution < 1.29 is 76.9 Å². The highest BCUT2D eigenvalue weighted by atomic mass is 16.8. The monoisotopic (exact) mass is 754 g/mol. The van der Waals surface area contributed by atoms with Crippen LogP contribution in [0.15, 0.2) is 94.9 Å². The predicted octanol–water partition coefficient (Wildman–Crippen LogP) is 4.85. The summed E-state index contributed by atoms with van der Waals surface area (Å²) in [7, 11) is 0. The van der Waals surface area contributed by atoms with Crippen molar-refractivity contribution in [1.82, 2.24) is 0 Å². The van der Waals surface area contributed by atoms with Crippen LogP contribution < -0.4 is 0 Å². The number of esters is 6. The lowest BCUT2D eigenvalue weighted by atomic mass is 9.87. The molecule has 0 radical (unpaired) electrons. The van der Waals surface area contributed by atoms with Crippen LogP contribution in [0.5, 0.6) is 0 Å². The molecule has 4 rings (SSSR count). The summed E-state index contributed by atoms with van der Waals surface area (Å²) in [5, 5.41) is 20.3. The molecular weight excluding hydrogens is 712 g/mol. The van der Waals surface area contributed by atoms with Crippen molar-refractivity contribution in [2.45, 2.75) is 90.0 Å². The second kappa shape index (κ2) is 17.6. The van der Waals surface area contributed by atoms with Gasteiger partial charge in [0.15, 0.2) is 0 Å². The Morgan fingerprint density at radius 3 is 1.67 bits per heavy atom. The van der Waals surface area contributed by atoms with Crippen LogP contribution in [-0.2, 0) is 66.7 Å². The minimum Gasteiger partial charge on any atom is -0.480 e. The number of cyclic esters (lactones) is 1. The molecule has 3 heterocycles. The van der Waals surface area contributed by atoms with E-state index < -0.39 is 76.2 Å². The van der Waals surface area contributed by atoms with E-state index in [1.807, 2.05) is 13.8 Å². The van der Waals surface area contributed by atoms with E-state index in [2.05, 4.69) is 0 Å². The molecule has 0 aromatic rings. The molecule has 0 aromatic carbocycles. The fourth-order valence-corrected chi connectivity index (χ4v) is 5.56. The second-order valence-corrected chi connectivity index (χ2v) is 12.4. The van der Waals surface area contributed by atoms with E-state index in [0.717, 1.165) is 12.2 Å². The fourth-order valence-electron chi connectivity index (χ4n) is 5.56. The largest absolute Gasteiger partial charge is 0.480 e. The average Bonchev–Trinajstić information content (AvgIpc) is 3.09. The zero-order valence-corrected chi connectivity index (χ0v) is 30.2. The first-order valence-corrected chi connectivity index (χ1v) is 17.3. The van der Waals surface area contributed by atoms with Crippen molar-refractivity contribution >= 4 is 35.8 Å². The van der Waals surface area contributed by atoms with Crippen molar-refractivity contribution in [3.05, 3.63) is 94.9 Å². The molecule has 3 fully saturated rings. The van der Waals surface area contributed by atoms with E-state index in [1.54, 1.807) is 6.92 Å². The summed E-state index contributed by atoms with van der Waals surface area (Å²) in [4.78, 5) is 75.8. The molecule has 1 atom stereocenters. The third kappa shape index (κ3) is 9.87. The Labute approximate surface area is 310 Å². The van der Waals surface area contributed by atoms with E-state index in [1.165, 1.54) is 55.5 Å². The third-order valence-corrected chi connectivity index (χ3v) is 8.21. The molecule has 16 nitrogen and oxygen atoms in total. The molecule has 1 aliphatic carbocycles. The summed E-state index contributed by atoms with van der Waals surface area (Å²) in [6.45, 7) is 7.09. The van der Waals surface area contributed by atoms with Crippen LogP contribution in [0, 0.1) is 0 Å². The summed E-state index contributed by atoms with van der Waals surface area (Å²) >= 11 is 0. The van der Waals surface area contributed by atoms with Gasteiger partial charge in [-0.05, 0) is 44.1 Å². The van der Waals surface area contributed by atoms with Crippen LogP contribution in [0.3, 0.4) is 0 Å². The SMILES string of the molecule is CCCOC(O)=C(/C=C/C=C/C=C1C(=O)OC2(CCC3(CC2)OC(=O)C(=CC=CC=CC2=C(O)OC(C)(CCC)OC2=O)C(=O)O3)OC1=O)C(=O)OCC. The highest BCUT2D eigenvalue weighted by Gasteiger charge is 2.56. The molecule has 1 unspecified atom stereocenters. The van der Waals surface area contributed by atoms with Crippen molar-refractivity contribution in [1.29, 1.82) is 0 Å². The van der Waals surface area contributed by atoms with Gasteiger partial charge in [0.25, 0.3) is 29.3 Å². The summed E-state index contributed by atoms with van der Waals surface area (Å²) in [5.74, 6) is -11.3. The number of carbonyl (C=O) groups is 6. The zero-order valence-electron chi connectivity index (χ0n) is 30.2. The summed E-state index contributed by atoms with van der Waals surface area (Å²) in [6.07, 6.45) is 14.0. The van der Waals surface area contributed by atoms with Crippen molar-refractivity contribution in [2.75, 3.05) is 13.2 Å². The number of allylic oxidation sites excluding steroid dienone is 8. The van der Waals surface area contributed by atoms with Crippen molar-refractivity contribution in [3.63, 3.8) is 0 Å². The number of carbonyl (C=O) groups excluding carboxylic acids is 6. The topological polar surface area (TPSA) is 217 Å². The van der Waals surface area contributed by atoms with Gasteiger partial charge in [0.2, 0.25) is 0 Å². The first kappa shape index (κ1) is 40.7. The highest BCUT2D eigenvalue weighted by molar-refractivity contribution is 6.16. The third-order valence-electron chi connectivity index (χ3n) is 8.21. The molecule has 4 aliphatic rings. The number of aliphatic hydroxyl groups excluding tert-OH is 2. The number of ether oxygens (including phenoxy) is 8. The molecule has 0 aromatic heterocycles. The van der Waals surface area contributed by atoms with E-state index in [-0.39, 0.29) is 50.0 Å². The van der Waals surface area contributed by atoms with Crippen molar-refractivity contribution in [2.24, 2.45) is 0 Å². The lowest BCUT2D eigenvalue weighted by molar-refractivity contribution is -0.291. The number of aliphatic hydroxyl groups is 2. The van der Waals surface area contributed by atoms with Gasteiger partial charge in [0.1, 0.15) is 22.3 Å². The van der Waals surface area contributed by atoms with Crippen molar-refractivity contribution in [3.8, 4) is 0 Å². The molecule has 2 saturated heterocycles. The van der Waals surface area contributed by atoms with Crippen LogP contribution in [0.25, 0.3) is 0 Å². The van der Waals surface area contributed by atoms with Gasteiger partial charge in [0.05, 0.1) is 13.2 Å². The van der Waals surface area contributed by atoms with Gasteiger partial charge in [-0.1, -0.05) is 50.3 Å². The van der Waals surface area contributed by atoms with Crippen LogP contribution in [0.2, 0.25) is 0 Å². The van der Waals surface area contributed by atoms with Gasteiger partial charge in [-0.2, -0.15) is 0 Å². The Hall–Kier alpha value is -6.06. The Balaban J connectivity index is 1.32. The van der Waals surface area contributed by atoms with Gasteiger partial charge in [-0.15, -0.1) is 0 Å². The predicted molar refractivity (Wildman–Crippen MR) is 184 cm³/mol. The maximum atomic E-state index is 12.8. The molecular formula is C38H42O16. The molecule has 54 heavy (non-hydrogen) atoms. The number of rotatable bonds is 13. The lowest BCUT2D eigenvalue weighted by Gasteiger charge is -2.45. The van der Waals surface area contributed by atoms with Gasteiger partial charge < -0.3 is 48.1 Å². The highest BCUT2D eigenvalue weighted by Crippen LogP contribution is 2.45. The van der Waals surface area contributed by atoms with Gasteiger partial charge in [-0.3, -0.25) is 0 Å². The number of hydrogen-bond donors (Lipinski definition) is 2. The number of hydrogen-bond acceptors (Lipinski definition) is 16. The summed E-state index contributed by atoms with van der Waals surface area (Å²) in [6, 6.07) is 0. The lowest BCUT2D eigenvalue weighted by Crippen LogP contribution is -2.56. The maximum Gasteiger partial charge on any atom is 0.348 e.